The van der Waals surface area contributed by atoms with Crippen molar-refractivity contribution in [3.63, 3.8) is 0 Å². The van der Waals surface area contributed by atoms with Crippen LogP contribution in [0.25, 0.3) is 0 Å². The van der Waals surface area contributed by atoms with Crippen LogP contribution in [0.3, 0.4) is 0 Å². The molecule has 5 heteroatoms. The fraction of sp³-hybridized carbons (Fsp3) is 0.923. The Balaban J connectivity index is 1.95. The van der Waals surface area contributed by atoms with E-state index in [1.54, 1.807) is 7.11 Å². The first-order valence-corrected chi connectivity index (χ1v) is 6.95. The molecule has 1 saturated carbocycles. The van der Waals surface area contributed by atoms with Gasteiger partial charge in [-0.1, -0.05) is 25.7 Å². The molecule has 2 amide bonds. The van der Waals surface area contributed by atoms with Crippen LogP contribution in [0.15, 0.2) is 0 Å². The van der Waals surface area contributed by atoms with Crippen molar-refractivity contribution in [2.75, 3.05) is 33.4 Å². The summed E-state index contributed by atoms with van der Waals surface area (Å²) >= 11 is 0. The molecule has 0 heterocycles. The Bertz CT molecular complexity index is 216. The Labute approximate surface area is 110 Å². The van der Waals surface area contributed by atoms with E-state index in [1.807, 2.05) is 0 Å². The first-order valence-electron chi connectivity index (χ1n) is 6.95. The van der Waals surface area contributed by atoms with Crippen molar-refractivity contribution < 1.29 is 14.3 Å². The number of urea groups is 1. The van der Waals surface area contributed by atoms with Crippen LogP contribution in [-0.2, 0) is 9.47 Å². The maximum atomic E-state index is 11.3. The van der Waals surface area contributed by atoms with Crippen LogP contribution in [0.4, 0.5) is 4.79 Å². The van der Waals surface area contributed by atoms with E-state index < -0.39 is 0 Å². The molecule has 5 nitrogen and oxygen atoms in total. The molecular weight excluding hydrogens is 232 g/mol. The summed E-state index contributed by atoms with van der Waals surface area (Å²) in [7, 11) is 1.61. The molecule has 106 valence electrons. The molecule has 0 radical (unpaired) electrons. The van der Waals surface area contributed by atoms with E-state index >= 15 is 0 Å². The van der Waals surface area contributed by atoms with Crippen molar-refractivity contribution in [1.29, 1.82) is 0 Å². The van der Waals surface area contributed by atoms with Gasteiger partial charge in [0.15, 0.2) is 0 Å². The summed E-state index contributed by atoms with van der Waals surface area (Å²) in [4.78, 5) is 11.3. The Morgan fingerprint density at radius 1 is 1.06 bits per heavy atom. The summed E-state index contributed by atoms with van der Waals surface area (Å²) < 4.78 is 10.6. The maximum Gasteiger partial charge on any atom is 0.314 e. The van der Waals surface area contributed by atoms with E-state index in [4.69, 9.17) is 9.47 Å². The lowest BCUT2D eigenvalue weighted by Gasteiger charge is -2.15. The smallest absolute Gasteiger partial charge is 0.314 e. The van der Waals surface area contributed by atoms with Crippen molar-refractivity contribution in [3.8, 4) is 0 Å². The normalized spacial score (nSPS) is 17.2. The summed E-state index contributed by atoms with van der Waals surface area (Å²) in [6, 6.07) is -0.156. The van der Waals surface area contributed by atoms with Gasteiger partial charge in [-0.25, -0.2) is 4.79 Å². The number of hydrogen-bond acceptors (Lipinski definition) is 3. The van der Waals surface area contributed by atoms with Crippen LogP contribution in [0.2, 0.25) is 0 Å². The van der Waals surface area contributed by atoms with E-state index in [0.717, 1.165) is 0 Å². The average Bonchev–Trinajstić information content (AvgIpc) is 2.63. The fourth-order valence-corrected chi connectivity index (χ4v) is 2.13. The Hall–Kier alpha value is -0.810. The molecule has 0 saturated heterocycles. The molecule has 0 aromatic carbocycles. The summed E-state index contributed by atoms with van der Waals surface area (Å²) in [5.41, 5.74) is 0. The van der Waals surface area contributed by atoms with E-state index in [-0.39, 0.29) is 6.03 Å². The minimum atomic E-state index is -0.156. The number of methoxy groups -OCH3 is 1. The topological polar surface area (TPSA) is 59.6 Å². The standard InChI is InChI=1S/C13H26N2O3/c1-17-10-8-14-13(16)15-9-11-18-12-6-4-2-3-5-7-12/h12H,2-11H2,1H3,(H2,14,15,16). The summed E-state index contributed by atoms with van der Waals surface area (Å²) in [6.07, 6.45) is 7.94. The molecule has 0 atom stereocenters. The third-order valence-corrected chi connectivity index (χ3v) is 3.14. The molecule has 1 rings (SSSR count). The van der Waals surface area contributed by atoms with Gasteiger partial charge in [0.25, 0.3) is 0 Å². The highest BCUT2D eigenvalue weighted by Crippen LogP contribution is 2.19. The second-order valence-electron chi connectivity index (χ2n) is 4.66. The predicted octanol–water partition coefficient (Wildman–Crippen LogP) is 1.67. The molecule has 0 bridgehead atoms. The fourth-order valence-electron chi connectivity index (χ4n) is 2.13. The second kappa shape index (κ2) is 10.1. The van der Waals surface area contributed by atoms with Crippen LogP contribution in [-0.4, -0.2) is 45.5 Å². The lowest BCUT2D eigenvalue weighted by Crippen LogP contribution is -2.39. The van der Waals surface area contributed by atoms with Crippen LogP contribution in [0, 0.1) is 0 Å². The molecule has 0 unspecified atom stereocenters. The zero-order valence-corrected chi connectivity index (χ0v) is 11.4. The quantitative estimate of drug-likeness (QED) is 0.539. The number of ether oxygens (including phenoxy) is 2. The van der Waals surface area contributed by atoms with Crippen LogP contribution >= 0.6 is 0 Å². The molecule has 0 aliphatic heterocycles. The van der Waals surface area contributed by atoms with Gasteiger partial charge in [0.05, 0.1) is 19.3 Å². The zero-order valence-electron chi connectivity index (χ0n) is 11.4. The van der Waals surface area contributed by atoms with Crippen LogP contribution < -0.4 is 10.6 Å². The number of rotatable bonds is 7. The molecule has 0 spiro atoms. The van der Waals surface area contributed by atoms with Crippen molar-refractivity contribution in [1.82, 2.24) is 10.6 Å². The van der Waals surface area contributed by atoms with E-state index in [2.05, 4.69) is 10.6 Å². The minimum absolute atomic E-state index is 0.156. The van der Waals surface area contributed by atoms with Gasteiger partial charge in [-0.15, -0.1) is 0 Å². The largest absolute Gasteiger partial charge is 0.383 e. The molecule has 0 aromatic rings. The highest BCUT2D eigenvalue weighted by atomic mass is 16.5. The Morgan fingerprint density at radius 3 is 2.28 bits per heavy atom. The second-order valence-corrected chi connectivity index (χ2v) is 4.66. The first-order chi connectivity index (χ1) is 8.83. The van der Waals surface area contributed by atoms with Gasteiger partial charge in [0.2, 0.25) is 0 Å². The number of carbonyl (C=O) groups excluding carboxylic acids is 1. The highest BCUT2D eigenvalue weighted by Gasteiger charge is 2.12. The van der Waals surface area contributed by atoms with Gasteiger partial charge in [-0.3, -0.25) is 0 Å². The molecule has 18 heavy (non-hydrogen) atoms. The van der Waals surface area contributed by atoms with Crippen molar-refractivity contribution in [3.05, 3.63) is 0 Å². The number of carbonyl (C=O) groups is 1. The highest BCUT2D eigenvalue weighted by molar-refractivity contribution is 5.73. The van der Waals surface area contributed by atoms with Gasteiger partial charge in [-0.2, -0.15) is 0 Å². The van der Waals surface area contributed by atoms with Gasteiger partial charge in [-0.05, 0) is 12.8 Å². The van der Waals surface area contributed by atoms with E-state index in [0.29, 0.717) is 32.4 Å². The monoisotopic (exact) mass is 258 g/mol. The predicted molar refractivity (Wildman–Crippen MR) is 70.7 cm³/mol. The lowest BCUT2D eigenvalue weighted by molar-refractivity contribution is 0.0460. The van der Waals surface area contributed by atoms with Gasteiger partial charge < -0.3 is 20.1 Å². The minimum Gasteiger partial charge on any atom is -0.383 e. The van der Waals surface area contributed by atoms with Gasteiger partial charge in [0.1, 0.15) is 0 Å². The van der Waals surface area contributed by atoms with Crippen LogP contribution in [0.5, 0.6) is 0 Å². The number of hydrogen-bond donors (Lipinski definition) is 2. The van der Waals surface area contributed by atoms with Crippen LogP contribution in [0.1, 0.15) is 38.5 Å². The summed E-state index contributed by atoms with van der Waals surface area (Å²) in [6.45, 7) is 2.23. The first kappa shape index (κ1) is 15.2. The third kappa shape index (κ3) is 7.50. The molecule has 1 aliphatic rings. The Morgan fingerprint density at radius 2 is 1.67 bits per heavy atom. The molecule has 0 aromatic heterocycles. The number of nitrogens with one attached hydrogen (secondary N) is 2. The molecular formula is C13H26N2O3. The zero-order chi connectivity index (χ0) is 13.1. The molecule has 1 aliphatic carbocycles. The van der Waals surface area contributed by atoms with Crippen molar-refractivity contribution in [2.24, 2.45) is 0 Å². The summed E-state index contributed by atoms with van der Waals surface area (Å²) in [5, 5.41) is 5.47. The van der Waals surface area contributed by atoms with Crippen molar-refractivity contribution in [2.45, 2.75) is 44.6 Å². The Kier molecular flexibility index (Phi) is 8.59. The number of amides is 2. The average molecular weight is 258 g/mol. The molecule has 1 fully saturated rings. The van der Waals surface area contributed by atoms with E-state index in [1.165, 1.54) is 38.5 Å². The van der Waals surface area contributed by atoms with Gasteiger partial charge in [0, 0.05) is 20.2 Å². The molecule has 2 N–H and O–H groups in total. The maximum absolute atomic E-state index is 11.3. The van der Waals surface area contributed by atoms with E-state index in [9.17, 15) is 4.79 Å². The third-order valence-electron chi connectivity index (χ3n) is 3.14. The SMILES string of the molecule is COCCNC(=O)NCCOC1CCCCCC1. The lowest BCUT2D eigenvalue weighted by atomic mass is 10.1. The van der Waals surface area contributed by atoms with Gasteiger partial charge >= 0.3 is 6.03 Å². The van der Waals surface area contributed by atoms with Crippen molar-refractivity contribution >= 4 is 6.03 Å². The summed E-state index contributed by atoms with van der Waals surface area (Å²) in [5.74, 6) is 0.